The molecule has 3 nitrogen and oxygen atoms in total. The SMILES string of the molecule is C[C@@H]1CCc2ccccc2N1CC(=O)N[C@H](C)c1cccs1. The average molecular weight is 314 g/mol. The maximum Gasteiger partial charge on any atom is 0.240 e. The molecule has 2 atom stereocenters. The first kappa shape index (κ1) is 15.1. The molecule has 0 unspecified atom stereocenters. The topological polar surface area (TPSA) is 32.3 Å². The van der Waals surface area contributed by atoms with Gasteiger partial charge in [0.05, 0.1) is 12.6 Å². The molecule has 0 spiro atoms. The number of aryl methyl sites for hydroxylation is 1. The highest BCUT2D eigenvalue weighted by atomic mass is 32.1. The zero-order chi connectivity index (χ0) is 15.5. The summed E-state index contributed by atoms with van der Waals surface area (Å²) in [4.78, 5) is 15.9. The van der Waals surface area contributed by atoms with Gasteiger partial charge in [0, 0.05) is 16.6 Å². The van der Waals surface area contributed by atoms with E-state index >= 15 is 0 Å². The summed E-state index contributed by atoms with van der Waals surface area (Å²) in [6.07, 6.45) is 2.20. The molecule has 3 rings (SSSR count). The third-order valence-corrected chi connectivity index (χ3v) is 5.38. The number of carbonyl (C=O) groups excluding carboxylic acids is 1. The van der Waals surface area contributed by atoms with E-state index in [0.29, 0.717) is 12.6 Å². The zero-order valence-electron chi connectivity index (χ0n) is 13.1. The standard InChI is InChI=1S/C18H22N2OS/c1-13-9-10-15-6-3-4-7-16(15)20(13)12-18(21)19-14(2)17-8-5-11-22-17/h3-8,11,13-14H,9-10,12H2,1-2H3,(H,19,21)/t13-,14-/m1/s1. The fourth-order valence-electron chi connectivity index (χ4n) is 3.05. The van der Waals surface area contributed by atoms with Crippen molar-refractivity contribution in [1.29, 1.82) is 0 Å². The number of hydrogen-bond donors (Lipinski definition) is 1. The fraction of sp³-hybridized carbons (Fsp3) is 0.389. The Morgan fingerprint density at radius 1 is 1.36 bits per heavy atom. The molecule has 0 fully saturated rings. The summed E-state index contributed by atoms with van der Waals surface area (Å²) in [5.41, 5.74) is 2.56. The van der Waals surface area contributed by atoms with Gasteiger partial charge in [-0.15, -0.1) is 11.3 Å². The molecule has 0 saturated heterocycles. The van der Waals surface area contributed by atoms with Gasteiger partial charge >= 0.3 is 0 Å². The lowest BCUT2D eigenvalue weighted by atomic mass is 9.96. The van der Waals surface area contributed by atoms with E-state index in [4.69, 9.17) is 0 Å². The Balaban J connectivity index is 1.68. The molecular formula is C18H22N2OS. The van der Waals surface area contributed by atoms with Crippen molar-refractivity contribution in [3.63, 3.8) is 0 Å². The van der Waals surface area contributed by atoms with Crippen LogP contribution in [0.5, 0.6) is 0 Å². The largest absolute Gasteiger partial charge is 0.359 e. The van der Waals surface area contributed by atoms with Crippen LogP contribution in [0.15, 0.2) is 41.8 Å². The summed E-state index contributed by atoms with van der Waals surface area (Å²) in [6, 6.07) is 13.0. The van der Waals surface area contributed by atoms with Crippen LogP contribution in [0.2, 0.25) is 0 Å². The maximum atomic E-state index is 12.4. The van der Waals surface area contributed by atoms with E-state index in [1.165, 1.54) is 16.1 Å². The van der Waals surface area contributed by atoms with Crippen LogP contribution in [0.3, 0.4) is 0 Å². The van der Waals surface area contributed by atoms with Crippen LogP contribution in [-0.2, 0) is 11.2 Å². The minimum Gasteiger partial charge on any atom is -0.359 e. The predicted octanol–water partition coefficient (Wildman–Crippen LogP) is 3.77. The number of thiophene rings is 1. The molecule has 1 N–H and O–H groups in total. The van der Waals surface area contributed by atoms with Crippen molar-refractivity contribution in [2.75, 3.05) is 11.4 Å². The summed E-state index contributed by atoms with van der Waals surface area (Å²) in [5.74, 6) is 0.0875. The molecule has 0 radical (unpaired) electrons. The second-order valence-electron chi connectivity index (χ2n) is 5.95. The molecule has 4 heteroatoms. The Morgan fingerprint density at radius 2 is 2.18 bits per heavy atom. The van der Waals surface area contributed by atoms with E-state index in [0.717, 1.165) is 12.8 Å². The number of benzene rings is 1. The van der Waals surface area contributed by atoms with Crippen molar-refractivity contribution in [1.82, 2.24) is 5.32 Å². The smallest absolute Gasteiger partial charge is 0.240 e. The third kappa shape index (κ3) is 3.17. The van der Waals surface area contributed by atoms with E-state index in [2.05, 4.69) is 47.5 Å². The number of nitrogens with one attached hydrogen (secondary N) is 1. The van der Waals surface area contributed by atoms with E-state index in [1.807, 2.05) is 18.4 Å². The van der Waals surface area contributed by atoms with Gasteiger partial charge < -0.3 is 10.2 Å². The van der Waals surface area contributed by atoms with Gasteiger partial charge in [-0.2, -0.15) is 0 Å². The summed E-state index contributed by atoms with van der Waals surface area (Å²) >= 11 is 1.68. The van der Waals surface area contributed by atoms with Crippen LogP contribution in [0, 0.1) is 0 Å². The van der Waals surface area contributed by atoms with Gasteiger partial charge in [0.1, 0.15) is 0 Å². The van der Waals surface area contributed by atoms with Gasteiger partial charge in [-0.3, -0.25) is 4.79 Å². The average Bonchev–Trinajstić information content (AvgIpc) is 3.04. The first-order valence-electron chi connectivity index (χ1n) is 7.82. The minimum atomic E-state index is 0.0721. The van der Waals surface area contributed by atoms with Crippen LogP contribution in [0.4, 0.5) is 5.69 Å². The first-order chi connectivity index (χ1) is 10.6. The summed E-state index contributed by atoms with van der Waals surface area (Å²) < 4.78 is 0. The highest BCUT2D eigenvalue weighted by molar-refractivity contribution is 7.10. The number of para-hydroxylation sites is 1. The molecule has 1 aromatic carbocycles. The fourth-order valence-corrected chi connectivity index (χ4v) is 3.79. The second-order valence-corrected chi connectivity index (χ2v) is 6.93. The summed E-state index contributed by atoms with van der Waals surface area (Å²) in [6.45, 7) is 4.66. The molecule has 1 aromatic heterocycles. The van der Waals surface area contributed by atoms with E-state index in [-0.39, 0.29) is 11.9 Å². The van der Waals surface area contributed by atoms with Crippen molar-refractivity contribution in [2.45, 2.75) is 38.8 Å². The molecule has 1 aliphatic rings. The van der Waals surface area contributed by atoms with Gasteiger partial charge in [0.15, 0.2) is 0 Å². The van der Waals surface area contributed by atoms with Crippen LogP contribution in [0.1, 0.15) is 36.8 Å². The van der Waals surface area contributed by atoms with Gasteiger partial charge in [0.2, 0.25) is 5.91 Å². The van der Waals surface area contributed by atoms with Gasteiger partial charge in [-0.05, 0) is 49.8 Å². The monoisotopic (exact) mass is 314 g/mol. The van der Waals surface area contributed by atoms with Crippen LogP contribution in [-0.4, -0.2) is 18.5 Å². The van der Waals surface area contributed by atoms with Crippen molar-refractivity contribution in [3.05, 3.63) is 52.2 Å². The Morgan fingerprint density at radius 3 is 2.95 bits per heavy atom. The van der Waals surface area contributed by atoms with Crippen LogP contribution in [0.25, 0.3) is 0 Å². The molecule has 0 saturated carbocycles. The molecule has 1 amide bonds. The van der Waals surface area contributed by atoms with Crippen LogP contribution >= 0.6 is 11.3 Å². The lowest BCUT2D eigenvalue weighted by Crippen LogP contribution is -2.44. The Kier molecular flexibility index (Phi) is 4.48. The van der Waals surface area contributed by atoms with Crippen molar-refractivity contribution >= 4 is 22.9 Å². The Bertz CT molecular complexity index is 638. The minimum absolute atomic E-state index is 0.0721. The number of carbonyl (C=O) groups is 1. The normalized spacial score (nSPS) is 18.6. The number of hydrogen-bond acceptors (Lipinski definition) is 3. The lowest BCUT2D eigenvalue weighted by molar-refractivity contribution is -0.120. The predicted molar refractivity (Wildman–Crippen MR) is 92.4 cm³/mol. The number of nitrogens with zero attached hydrogens (tertiary/aromatic N) is 1. The lowest BCUT2D eigenvalue weighted by Gasteiger charge is -2.36. The third-order valence-electron chi connectivity index (χ3n) is 4.33. The molecule has 0 aliphatic carbocycles. The molecule has 1 aliphatic heterocycles. The number of rotatable bonds is 4. The van der Waals surface area contributed by atoms with Crippen molar-refractivity contribution in [2.24, 2.45) is 0 Å². The van der Waals surface area contributed by atoms with Crippen molar-refractivity contribution < 1.29 is 4.79 Å². The Hall–Kier alpha value is -1.81. The van der Waals surface area contributed by atoms with E-state index < -0.39 is 0 Å². The van der Waals surface area contributed by atoms with Gasteiger partial charge in [0.25, 0.3) is 0 Å². The highest BCUT2D eigenvalue weighted by Crippen LogP contribution is 2.30. The maximum absolute atomic E-state index is 12.4. The van der Waals surface area contributed by atoms with Crippen molar-refractivity contribution in [3.8, 4) is 0 Å². The Labute approximate surface area is 136 Å². The quantitative estimate of drug-likeness (QED) is 0.932. The van der Waals surface area contributed by atoms with Gasteiger partial charge in [-0.25, -0.2) is 0 Å². The molecule has 2 heterocycles. The molecule has 22 heavy (non-hydrogen) atoms. The first-order valence-corrected chi connectivity index (χ1v) is 8.70. The molecule has 0 bridgehead atoms. The number of fused-ring (bicyclic) bond motifs is 1. The summed E-state index contributed by atoms with van der Waals surface area (Å²) in [5, 5.41) is 5.15. The summed E-state index contributed by atoms with van der Waals surface area (Å²) in [7, 11) is 0. The number of anilines is 1. The second kappa shape index (κ2) is 6.53. The number of amides is 1. The van der Waals surface area contributed by atoms with Gasteiger partial charge in [-0.1, -0.05) is 24.3 Å². The van der Waals surface area contributed by atoms with Crippen LogP contribution < -0.4 is 10.2 Å². The molecule has 2 aromatic rings. The molecule has 116 valence electrons. The molecular weight excluding hydrogens is 292 g/mol. The highest BCUT2D eigenvalue weighted by Gasteiger charge is 2.25. The van der Waals surface area contributed by atoms with E-state index in [1.54, 1.807) is 11.3 Å². The zero-order valence-corrected chi connectivity index (χ0v) is 13.9. The van der Waals surface area contributed by atoms with E-state index in [9.17, 15) is 4.79 Å².